The number of aryl methyl sites for hydroxylation is 1. The van der Waals surface area contributed by atoms with Crippen molar-refractivity contribution in [2.45, 2.75) is 24.8 Å². The fraction of sp³-hybridized carbons (Fsp3) is 0.300. The number of benzene rings is 1. The second-order valence-corrected chi connectivity index (χ2v) is 7.02. The fourth-order valence-electron chi connectivity index (χ4n) is 3.98. The third-order valence-corrected chi connectivity index (χ3v) is 5.33. The summed E-state index contributed by atoms with van der Waals surface area (Å²) in [6.07, 6.45) is 3.84. The van der Waals surface area contributed by atoms with Gasteiger partial charge in [-0.3, -0.25) is 18.8 Å². The van der Waals surface area contributed by atoms with Crippen LogP contribution in [0.3, 0.4) is 0 Å². The molecule has 8 nitrogen and oxygen atoms in total. The van der Waals surface area contributed by atoms with Gasteiger partial charge in [0.1, 0.15) is 0 Å². The van der Waals surface area contributed by atoms with E-state index in [1.165, 1.54) is 16.8 Å². The largest absolute Gasteiger partial charge is 0.396 e. The molecule has 2 heterocycles. The van der Waals surface area contributed by atoms with Gasteiger partial charge in [-0.15, -0.1) is 0 Å². The summed E-state index contributed by atoms with van der Waals surface area (Å²) in [4.78, 5) is 37.8. The lowest BCUT2D eigenvalue weighted by molar-refractivity contribution is 0.0948. The van der Waals surface area contributed by atoms with Crippen molar-refractivity contribution in [1.29, 1.82) is 0 Å². The molecule has 0 bridgehead atoms. The predicted molar refractivity (Wildman–Crippen MR) is 102 cm³/mol. The molecule has 1 N–H and O–H groups in total. The first-order valence-corrected chi connectivity index (χ1v) is 9.06. The maximum atomic E-state index is 12.9. The summed E-state index contributed by atoms with van der Waals surface area (Å²) in [7, 11) is 1.83. The molecule has 2 atom stereocenters. The minimum absolute atomic E-state index is 0.0100. The molecule has 1 aliphatic carbocycles. The van der Waals surface area contributed by atoms with Crippen molar-refractivity contribution >= 4 is 5.91 Å². The normalized spacial score (nSPS) is 18.2. The molecule has 0 radical (unpaired) electrons. The minimum Gasteiger partial charge on any atom is -0.396 e. The summed E-state index contributed by atoms with van der Waals surface area (Å²) in [6.45, 7) is 0.306. The standard InChI is InChI=1S/C20H20N4O4/c1-22-18-14(9-15(12-25)16(18)10-21-22)11-23-8-7-17(26)24(20(23)28)19(27)13-5-3-2-4-6-13/h2-8,10,14-15,25H,9,11-12H2,1H3/t14-,15+/m0/s1. The highest BCUT2D eigenvalue weighted by Gasteiger charge is 2.34. The Morgan fingerprint density at radius 3 is 2.64 bits per heavy atom. The molecule has 144 valence electrons. The average Bonchev–Trinajstić information content (AvgIpc) is 3.25. The molecule has 1 aromatic carbocycles. The van der Waals surface area contributed by atoms with Gasteiger partial charge in [0, 0.05) is 48.9 Å². The highest BCUT2D eigenvalue weighted by atomic mass is 16.3. The number of fused-ring (bicyclic) bond motifs is 1. The maximum Gasteiger partial charge on any atom is 0.338 e. The van der Waals surface area contributed by atoms with Gasteiger partial charge in [0.05, 0.1) is 12.8 Å². The van der Waals surface area contributed by atoms with Crippen LogP contribution in [0.1, 0.15) is 39.9 Å². The van der Waals surface area contributed by atoms with E-state index in [4.69, 9.17) is 0 Å². The molecule has 0 spiro atoms. The van der Waals surface area contributed by atoms with Crippen LogP contribution >= 0.6 is 0 Å². The fourth-order valence-corrected chi connectivity index (χ4v) is 3.98. The molecule has 0 saturated heterocycles. The van der Waals surface area contributed by atoms with E-state index in [0.29, 0.717) is 17.5 Å². The SMILES string of the molecule is Cn1ncc2c1[C@H](Cn1ccc(=O)n(C(=O)c3ccccc3)c1=O)C[C@@H]2CO. The van der Waals surface area contributed by atoms with Crippen molar-refractivity contribution in [2.75, 3.05) is 6.61 Å². The van der Waals surface area contributed by atoms with Crippen molar-refractivity contribution in [1.82, 2.24) is 18.9 Å². The second kappa shape index (κ2) is 7.05. The lowest BCUT2D eigenvalue weighted by Crippen LogP contribution is -2.43. The topological polar surface area (TPSA) is 99.1 Å². The van der Waals surface area contributed by atoms with E-state index >= 15 is 0 Å². The Morgan fingerprint density at radius 2 is 1.93 bits per heavy atom. The van der Waals surface area contributed by atoms with E-state index in [2.05, 4.69) is 5.10 Å². The van der Waals surface area contributed by atoms with Crippen LogP contribution in [-0.4, -0.2) is 36.5 Å². The van der Waals surface area contributed by atoms with Gasteiger partial charge in [-0.1, -0.05) is 18.2 Å². The first-order chi connectivity index (χ1) is 13.5. The Morgan fingerprint density at radius 1 is 1.18 bits per heavy atom. The van der Waals surface area contributed by atoms with E-state index in [0.717, 1.165) is 11.3 Å². The smallest absolute Gasteiger partial charge is 0.338 e. The number of aliphatic hydroxyl groups is 1. The van der Waals surface area contributed by atoms with Gasteiger partial charge < -0.3 is 5.11 Å². The van der Waals surface area contributed by atoms with Crippen LogP contribution in [0.5, 0.6) is 0 Å². The van der Waals surface area contributed by atoms with Gasteiger partial charge in [-0.05, 0) is 24.1 Å². The second-order valence-electron chi connectivity index (χ2n) is 7.02. The van der Waals surface area contributed by atoms with Gasteiger partial charge in [0.25, 0.3) is 11.5 Å². The van der Waals surface area contributed by atoms with Crippen LogP contribution in [0.4, 0.5) is 0 Å². The summed E-state index contributed by atoms with van der Waals surface area (Å²) in [5.74, 6) is -0.720. The zero-order valence-electron chi connectivity index (χ0n) is 15.4. The molecule has 4 rings (SSSR count). The molecule has 0 unspecified atom stereocenters. The molecular formula is C20H20N4O4. The van der Waals surface area contributed by atoms with E-state index in [-0.39, 0.29) is 24.0 Å². The third kappa shape index (κ3) is 2.91. The van der Waals surface area contributed by atoms with Crippen molar-refractivity contribution < 1.29 is 9.90 Å². The highest BCUT2D eigenvalue weighted by molar-refractivity contribution is 5.95. The molecule has 2 aromatic heterocycles. The number of carbonyl (C=O) groups is 1. The zero-order valence-corrected chi connectivity index (χ0v) is 15.4. The Balaban J connectivity index is 1.71. The lowest BCUT2D eigenvalue weighted by atomic mass is 10.0. The van der Waals surface area contributed by atoms with Crippen molar-refractivity contribution in [2.24, 2.45) is 7.05 Å². The molecule has 8 heteroatoms. The Labute approximate surface area is 160 Å². The number of carbonyl (C=O) groups excluding carboxylic acids is 1. The summed E-state index contributed by atoms with van der Waals surface area (Å²) in [5.41, 5.74) is 0.901. The summed E-state index contributed by atoms with van der Waals surface area (Å²) < 4.78 is 3.80. The summed E-state index contributed by atoms with van der Waals surface area (Å²) in [6, 6.07) is 9.47. The van der Waals surface area contributed by atoms with Crippen molar-refractivity contribution in [3.05, 3.63) is 86.5 Å². The van der Waals surface area contributed by atoms with E-state index in [1.807, 2.05) is 7.05 Å². The number of hydrogen-bond donors (Lipinski definition) is 1. The van der Waals surface area contributed by atoms with Gasteiger partial charge in [-0.2, -0.15) is 9.67 Å². The van der Waals surface area contributed by atoms with Gasteiger partial charge >= 0.3 is 5.69 Å². The lowest BCUT2D eigenvalue weighted by Gasteiger charge is -2.16. The predicted octanol–water partition coefficient (Wildman–Crippen LogP) is 0.695. The van der Waals surface area contributed by atoms with Gasteiger partial charge in [0.2, 0.25) is 0 Å². The Hall–Kier alpha value is -3.26. The van der Waals surface area contributed by atoms with Crippen molar-refractivity contribution in [3.63, 3.8) is 0 Å². The number of rotatable bonds is 4. The molecule has 0 amide bonds. The highest BCUT2D eigenvalue weighted by Crippen LogP contribution is 2.41. The van der Waals surface area contributed by atoms with E-state index in [1.54, 1.807) is 41.2 Å². The van der Waals surface area contributed by atoms with Gasteiger partial charge in [0.15, 0.2) is 0 Å². The van der Waals surface area contributed by atoms with E-state index in [9.17, 15) is 19.5 Å². The maximum absolute atomic E-state index is 12.9. The minimum atomic E-state index is -0.669. The quantitative estimate of drug-likeness (QED) is 0.718. The molecule has 0 aliphatic heterocycles. The van der Waals surface area contributed by atoms with Gasteiger partial charge in [-0.25, -0.2) is 4.79 Å². The van der Waals surface area contributed by atoms with Crippen LogP contribution in [-0.2, 0) is 13.6 Å². The monoisotopic (exact) mass is 380 g/mol. The third-order valence-electron chi connectivity index (χ3n) is 5.33. The molecule has 3 aromatic rings. The van der Waals surface area contributed by atoms with Crippen LogP contribution in [0.25, 0.3) is 0 Å². The molecular weight excluding hydrogens is 360 g/mol. The molecule has 0 fully saturated rings. The number of hydrogen-bond acceptors (Lipinski definition) is 5. The van der Waals surface area contributed by atoms with Crippen molar-refractivity contribution in [3.8, 4) is 0 Å². The number of aliphatic hydroxyl groups excluding tert-OH is 1. The van der Waals surface area contributed by atoms with Crippen LogP contribution in [0.2, 0.25) is 0 Å². The Kier molecular flexibility index (Phi) is 4.56. The van der Waals surface area contributed by atoms with Crippen LogP contribution < -0.4 is 11.2 Å². The summed E-state index contributed by atoms with van der Waals surface area (Å²) in [5, 5.41) is 13.9. The van der Waals surface area contributed by atoms with Crippen LogP contribution in [0, 0.1) is 0 Å². The Bertz CT molecular complexity index is 1140. The average molecular weight is 380 g/mol. The van der Waals surface area contributed by atoms with E-state index < -0.39 is 17.2 Å². The molecule has 0 saturated carbocycles. The number of aromatic nitrogens is 4. The first kappa shape index (κ1) is 18.1. The van der Waals surface area contributed by atoms with Crippen LogP contribution in [0.15, 0.2) is 58.4 Å². The molecule has 1 aliphatic rings. The zero-order chi connectivity index (χ0) is 19.8. The first-order valence-electron chi connectivity index (χ1n) is 9.06. The summed E-state index contributed by atoms with van der Waals surface area (Å²) >= 11 is 0. The molecule has 28 heavy (non-hydrogen) atoms. The number of nitrogens with zero attached hydrogens (tertiary/aromatic N) is 4.